The van der Waals surface area contributed by atoms with Gasteiger partial charge in [-0.15, -0.1) is 0 Å². The zero-order chi connectivity index (χ0) is 13.9. The van der Waals surface area contributed by atoms with Crippen molar-refractivity contribution in [3.05, 3.63) is 17.9 Å². The lowest BCUT2D eigenvalue weighted by molar-refractivity contribution is 0.236. The predicted octanol–water partition coefficient (Wildman–Crippen LogP) is 2.02. The summed E-state index contributed by atoms with van der Waals surface area (Å²) in [6.45, 7) is 1.79. The van der Waals surface area contributed by atoms with Gasteiger partial charge in [0.05, 0.1) is 0 Å². The molecular formula is C13H21NO4S. The van der Waals surface area contributed by atoms with Crippen LogP contribution in [0.2, 0.25) is 0 Å². The van der Waals surface area contributed by atoms with Crippen LogP contribution < -0.4 is 4.72 Å². The first-order valence-electron chi connectivity index (χ1n) is 6.75. The van der Waals surface area contributed by atoms with E-state index in [0.29, 0.717) is 5.92 Å². The Balaban J connectivity index is 2.11. The monoisotopic (exact) mass is 287 g/mol. The minimum Gasteiger partial charge on any atom is -0.446 e. The van der Waals surface area contributed by atoms with Gasteiger partial charge < -0.3 is 9.52 Å². The lowest BCUT2D eigenvalue weighted by atomic mass is 9.98. The highest BCUT2D eigenvalue weighted by molar-refractivity contribution is 7.89. The van der Waals surface area contributed by atoms with Crippen LogP contribution in [0.1, 0.15) is 44.8 Å². The summed E-state index contributed by atoms with van der Waals surface area (Å²) in [5.41, 5.74) is 0. The average molecular weight is 287 g/mol. The van der Waals surface area contributed by atoms with Gasteiger partial charge in [0.2, 0.25) is 5.09 Å². The molecule has 0 aromatic carbocycles. The van der Waals surface area contributed by atoms with Gasteiger partial charge in [0.25, 0.3) is 10.0 Å². The number of hydrogen-bond donors (Lipinski definition) is 2. The van der Waals surface area contributed by atoms with Gasteiger partial charge in [0, 0.05) is 6.04 Å². The molecule has 0 saturated heterocycles. The molecule has 0 radical (unpaired) electrons. The molecule has 1 heterocycles. The molecule has 0 aliphatic heterocycles. The van der Waals surface area contributed by atoms with Crippen LogP contribution in [0.5, 0.6) is 0 Å². The Morgan fingerprint density at radius 1 is 1.32 bits per heavy atom. The Morgan fingerprint density at radius 2 is 2.05 bits per heavy atom. The van der Waals surface area contributed by atoms with Gasteiger partial charge in [-0.05, 0) is 30.9 Å². The quantitative estimate of drug-likeness (QED) is 0.830. The van der Waals surface area contributed by atoms with E-state index in [9.17, 15) is 8.42 Å². The molecule has 6 heteroatoms. The fourth-order valence-corrected chi connectivity index (χ4v) is 3.84. The van der Waals surface area contributed by atoms with Crippen LogP contribution in [-0.4, -0.2) is 19.6 Å². The van der Waals surface area contributed by atoms with Gasteiger partial charge in [0.1, 0.15) is 12.4 Å². The number of furan rings is 1. The number of aliphatic hydroxyl groups is 1. The highest BCUT2D eigenvalue weighted by Crippen LogP contribution is 2.25. The summed E-state index contributed by atoms with van der Waals surface area (Å²) in [4.78, 5) is 0. The molecule has 0 bridgehead atoms. The molecule has 1 saturated carbocycles. The summed E-state index contributed by atoms with van der Waals surface area (Å²) >= 11 is 0. The number of nitrogens with one attached hydrogen (secondary N) is 1. The molecule has 1 aromatic rings. The van der Waals surface area contributed by atoms with Crippen molar-refractivity contribution < 1.29 is 17.9 Å². The summed E-state index contributed by atoms with van der Waals surface area (Å²) < 4.78 is 32.2. The molecule has 19 heavy (non-hydrogen) atoms. The highest BCUT2D eigenvalue weighted by Gasteiger charge is 2.27. The Bertz CT molecular complexity index is 508. The molecule has 1 aliphatic rings. The van der Waals surface area contributed by atoms with E-state index in [1.165, 1.54) is 12.1 Å². The van der Waals surface area contributed by atoms with Crippen molar-refractivity contribution in [2.75, 3.05) is 0 Å². The van der Waals surface area contributed by atoms with Crippen molar-refractivity contribution in [2.45, 2.75) is 56.8 Å². The Morgan fingerprint density at radius 3 is 2.74 bits per heavy atom. The van der Waals surface area contributed by atoms with Crippen molar-refractivity contribution in [3.63, 3.8) is 0 Å². The van der Waals surface area contributed by atoms with E-state index in [4.69, 9.17) is 9.52 Å². The first kappa shape index (κ1) is 14.6. The van der Waals surface area contributed by atoms with Crippen molar-refractivity contribution in [3.8, 4) is 0 Å². The van der Waals surface area contributed by atoms with Crippen LogP contribution in [0.4, 0.5) is 0 Å². The Kier molecular flexibility index (Phi) is 4.65. The fraction of sp³-hybridized carbons (Fsp3) is 0.692. The number of rotatable bonds is 4. The maximum Gasteiger partial charge on any atom is 0.274 e. The molecule has 0 spiro atoms. The van der Waals surface area contributed by atoms with Crippen molar-refractivity contribution in [2.24, 2.45) is 5.92 Å². The lowest BCUT2D eigenvalue weighted by Gasteiger charge is -2.21. The van der Waals surface area contributed by atoms with E-state index < -0.39 is 10.0 Å². The van der Waals surface area contributed by atoms with Crippen molar-refractivity contribution >= 4 is 10.0 Å². The standard InChI is InChI=1S/C13H21NO4S/c1-10-5-3-2-4-6-12(10)14-19(16,17)13-8-7-11(9-15)18-13/h7-8,10,12,14-15H,2-6,9H2,1H3. The molecule has 2 atom stereocenters. The predicted molar refractivity (Wildman–Crippen MR) is 71.0 cm³/mol. The summed E-state index contributed by atoms with van der Waals surface area (Å²) in [5, 5.41) is 8.79. The Hall–Kier alpha value is -0.850. The molecule has 5 nitrogen and oxygen atoms in total. The molecule has 108 valence electrons. The topological polar surface area (TPSA) is 79.5 Å². The maximum absolute atomic E-state index is 12.2. The normalized spacial score (nSPS) is 25.2. The van der Waals surface area contributed by atoms with Crippen molar-refractivity contribution in [1.29, 1.82) is 0 Å². The third-order valence-corrected chi connectivity index (χ3v) is 5.09. The van der Waals surface area contributed by atoms with Crippen LogP contribution in [0.25, 0.3) is 0 Å². The van der Waals surface area contributed by atoms with Crippen LogP contribution in [0, 0.1) is 5.92 Å². The van der Waals surface area contributed by atoms with Crippen molar-refractivity contribution in [1.82, 2.24) is 4.72 Å². The molecule has 1 aromatic heterocycles. The van der Waals surface area contributed by atoms with Crippen LogP contribution >= 0.6 is 0 Å². The summed E-state index contributed by atoms with van der Waals surface area (Å²) in [7, 11) is -3.63. The largest absolute Gasteiger partial charge is 0.446 e. The van der Waals surface area contributed by atoms with Crippen LogP contribution in [0.3, 0.4) is 0 Å². The van der Waals surface area contributed by atoms with E-state index in [0.717, 1.165) is 32.1 Å². The summed E-state index contributed by atoms with van der Waals surface area (Å²) in [6, 6.07) is 2.83. The number of aliphatic hydroxyl groups excluding tert-OH is 1. The first-order chi connectivity index (χ1) is 9.03. The second kappa shape index (κ2) is 6.07. The van der Waals surface area contributed by atoms with Crippen LogP contribution in [0.15, 0.2) is 21.6 Å². The molecule has 0 amide bonds. The number of hydrogen-bond acceptors (Lipinski definition) is 4. The van der Waals surface area contributed by atoms with Gasteiger partial charge in [-0.25, -0.2) is 13.1 Å². The Labute approximate surface area is 114 Å². The minimum atomic E-state index is -3.63. The van der Waals surface area contributed by atoms with E-state index in [1.54, 1.807) is 0 Å². The van der Waals surface area contributed by atoms with E-state index in [1.807, 2.05) is 0 Å². The zero-order valence-electron chi connectivity index (χ0n) is 11.1. The first-order valence-corrected chi connectivity index (χ1v) is 8.23. The SMILES string of the molecule is CC1CCCCCC1NS(=O)(=O)c1ccc(CO)o1. The lowest BCUT2D eigenvalue weighted by Crippen LogP contribution is -2.38. The summed E-state index contributed by atoms with van der Waals surface area (Å²) in [5.74, 6) is 0.596. The zero-order valence-corrected chi connectivity index (χ0v) is 11.9. The second-order valence-electron chi connectivity index (χ2n) is 5.22. The smallest absolute Gasteiger partial charge is 0.274 e. The maximum atomic E-state index is 12.2. The fourth-order valence-electron chi connectivity index (χ4n) is 2.51. The van der Waals surface area contributed by atoms with Gasteiger partial charge in [0.15, 0.2) is 0 Å². The second-order valence-corrected chi connectivity index (χ2v) is 6.87. The molecule has 2 rings (SSSR count). The van der Waals surface area contributed by atoms with Gasteiger partial charge >= 0.3 is 0 Å². The number of sulfonamides is 1. The molecule has 2 unspecified atom stereocenters. The van der Waals surface area contributed by atoms with E-state index in [2.05, 4.69) is 11.6 Å². The minimum absolute atomic E-state index is 0.0322. The molecule has 1 fully saturated rings. The summed E-state index contributed by atoms with van der Waals surface area (Å²) in [6.07, 6.45) is 5.30. The third kappa shape index (κ3) is 3.58. The van der Waals surface area contributed by atoms with Gasteiger partial charge in [-0.3, -0.25) is 0 Å². The van der Waals surface area contributed by atoms with E-state index >= 15 is 0 Å². The average Bonchev–Trinajstić information content (AvgIpc) is 2.78. The third-order valence-electron chi connectivity index (χ3n) is 3.73. The molecular weight excluding hydrogens is 266 g/mol. The van der Waals surface area contributed by atoms with Gasteiger partial charge in [-0.1, -0.05) is 26.2 Å². The van der Waals surface area contributed by atoms with Crippen LogP contribution in [-0.2, 0) is 16.6 Å². The van der Waals surface area contributed by atoms with Gasteiger partial charge in [-0.2, -0.15) is 0 Å². The highest BCUT2D eigenvalue weighted by atomic mass is 32.2. The van der Waals surface area contributed by atoms with E-state index in [-0.39, 0.29) is 23.5 Å². The molecule has 2 N–H and O–H groups in total. The molecule has 1 aliphatic carbocycles.